The maximum Gasteiger partial charge on any atom is 0.416 e. The van der Waals surface area contributed by atoms with Crippen molar-refractivity contribution in [2.75, 3.05) is 17.3 Å². The molecule has 0 aliphatic carbocycles. The molecule has 1 aromatic carbocycles. The molecule has 0 unspecified atom stereocenters. The van der Waals surface area contributed by atoms with Crippen LogP contribution >= 0.6 is 23.2 Å². The lowest BCUT2D eigenvalue weighted by Gasteiger charge is -2.18. The first-order valence-corrected chi connectivity index (χ1v) is 6.50. The van der Waals surface area contributed by atoms with Crippen LogP contribution in [0.15, 0.2) is 24.3 Å². The standard InChI is InChI=1S/C12H10Cl2F3NO/c13-5-7-6-18(11(19)10(7)14)9-3-1-2-8(4-9)12(15,16)17/h1-4,7,10H,5-6H2/t7-,10+/m0/s1. The molecule has 1 aromatic rings. The zero-order valence-corrected chi connectivity index (χ0v) is 11.1. The van der Waals surface area contributed by atoms with E-state index in [9.17, 15) is 18.0 Å². The van der Waals surface area contributed by atoms with Crippen LogP contribution in [0.1, 0.15) is 5.56 Å². The molecular weight excluding hydrogens is 302 g/mol. The molecule has 1 heterocycles. The number of halogens is 5. The lowest BCUT2D eigenvalue weighted by atomic mass is 10.1. The second-order valence-electron chi connectivity index (χ2n) is 4.31. The molecule has 0 aromatic heterocycles. The zero-order valence-electron chi connectivity index (χ0n) is 9.62. The predicted octanol–water partition coefficient (Wildman–Crippen LogP) is 3.51. The highest BCUT2D eigenvalue weighted by Crippen LogP contribution is 2.34. The predicted molar refractivity (Wildman–Crippen MR) is 67.6 cm³/mol. The molecule has 2 rings (SSSR count). The average Bonchev–Trinajstić information content (AvgIpc) is 2.65. The molecular formula is C12H10Cl2F3NO. The van der Waals surface area contributed by atoms with E-state index in [-0.39, 0.29) is 24.0 Å². The van der Waals surface area contributed by atoms with E-state index in [0.29, 0.717) is 0 Å². The van der Waals surface area contributed by atoms with Gasteiger partial charge in [-0.3, -0.25) is 4.79 Å². The molecule has 0 saturated carbocycles. The molecule has 1 aliphatic rings. The van der Waals surface area contributed by atoms with Crippen LogP contribution in [0.4, 0.5) is 18.9 Å². The Kier molecular flexibility index (Phi) is 3.97. The van der Waals surface area contributed by atoms with Crippen LogP contribution in [0, 0.1) is 5.92 Å². The van der Waals surface area contributed by atoms with Crippen molar-refractivity contribution in [1.29, 1.82) is 0 Å². The lowest BCUT2D eigenvalue weighted by molar-refractivity contribution is -0.137. The third-order valence-electron chi connectivity index (χ3n) is 3.02. The van der Waals surface area contributed by atoms with Crippen LogP contribution in [-0.2, 0) is 11.0 Å². The lowest BCUT2D eigenvalue weighted by Crippen LogP contribution is -2.27. The van der Waals surface area contributed by atoms with Crippen LogP contribution in [0.25, 0.3) is 0 Å². The number of alkyl halides is 5. The molecule has 0 radical (unpaired) electrons. The van der Waals surface area contributed by atoms with E-state index in [1.807, 2.05) is 0 Å². The van der Waals surface area contributed by atoms with E-state index in [1.54, 1.807) is 0 Å². The van der Waals surface area contributed by atoms with Crippen molar-refractivity contribution < 1.29 is 18.0 Å². The Balaban J connectivity index is 2.31. The second-order valence-corrected chi connectivity index (χ2v) is 5.09. The Labute approximate surface area is 118 Å². The summed E-state index contributed by atoms with van der Waals surface area (Å²) in [4.78, 5) is 13.1. The normalized spacial score (nSPS) is 24.1. The van der Waals surface area contributed by atoms with E-state index in [0.717, 1.165) is 12.1 Å². The molecule has 0 N–H and O–H groups in total. The van der Waals surface area contributed by atoms with E-state index < -0.39 is 23.0 Å². The molecule has 1 amide bonds. The summed E-state index contributed by atoms with van der Waals surface area (Å²) < 4.78 is 37.9. The fourth-order valence-electron chi connectivity index (χ4n) is 1.98. The van der Waals surface area contributed by atoms with Gasteiger partial charge in [0, 0.05) is 24.0 Å². The smallest absolute Gasteiger partial charge is 0.311 e. The van der Waals surface area contributed by atoms with Gasteiger partial charge in [-0.05, 0) is 18.2 Å². The topological polar surface area (TPSA) is 20.3 Å². The van der Waals surface area contributed by atoms with Crippen LogP contribution in [0.5, 0.6) is 0 Å². The van der Waals surface area contributed by atoms with Crippen molar-refractivity contribution in [3.05, 3.63) is 29.8 Å². The van der Waals surface area contributed by atoms with Gasteiger partial charge in [-0.25, -0.2) is 0 Å². The summed E-state index contributed by atoms with van der Waals surface area (Å²) in [6.07, 6.45) is -4.44. The Morgan fingerprint density at radius 2 is 2.05 bits per heavy atom. The number of anilines is 1. The van der Waals surface area contributed by atoms with Crippen LogP contribution in [-0.4, -0.2) is 23.7 Å². The molecule has 7 heteroatoms. The van der Waals surface area contributed by atoms with Gasteiger partial charge in [-0.1, -0.05) is 6.07 Å². The molecule has 104 valence electrons. The number of amides is 1. The molecule has 1 aliphatic heterocycles. The minimum atomic E-state index is -4.44. The van der Waals surface area contributed by atoms with Gasteiger partial charge in [0.15, 0.2) is 0 Å². The minimum Gasteiger partial charge on any atom is -0.311 e. The van der Waals surface area contributed by atoms with Gasteiger partial charge in [-0.15, -0.1) is 23.2 Å². The van der Waals surface area contributed by atoms with Gasteiger partial charge in [0.25, 0.3) is 0 Å². The van der Waals surface area contributed by atoms with Crippen LogP contribution in [0.2, 0.25) is 0 Å². The summed E-state index contributed by atoms with van der Waals surface area (Å²) in [6.45, 7) is 0.234. The monoisotopic (exact) mass is 311 g/mol. The number of benzene rings is 1. The van der Waals surface area contributed by atoms with E-state index in [4.69, 9.17) is 23.2 Å². The first kappa shape index (κ1) is 14.5. The van der Waals surface area contributed by atoms with Crippen LogP contribution < -0.4 is 4.90 Å². The quantitative estimate of drug-likeness (QED) is 0.765. The largest absolute Gasteiger partial charge is 0.416 e. The molecule has 1 saturated heterocycles. The average molecular weight is 312 g/mol. The van der Waals surface area contributed by atoms with Gasteiger partial charge < -0.3 is 4.90 Å². The molecule has 1 fully saturated rings. The summed E-state index contributed by atoms with van der Waals surface area (Å²) >= 11 is 11.6. The SMILES string of the molecule is O=C1[C@H](Cl)[C@@H](CCl)CN1c1cccc(C(F)(F)F)c1. The van der Waals surface area contributed by atoms with Crippen molar-refractivity contribution in [2.24, 2.45) is 5.92 Å². The maximum absolute atomic E-state index is 12.6. The highest BCUT2D eigenvalue weighted by molar-refractivity contribution is 6.34. The van der Waals surface area contributed by atoms with Crippen molar-refractivity contribution >= 4 is 34.8 Å². The summed E-state index contributed by atoms with van der Waals surface area (Å²) in [5, 5.41) is -0.785. The van der Waals surface area contributed by atoms with Gasteiger partial charge in [-0.2, -0.15) is 13.2 Å². The summed E-state index contributed by atoms with van der Waals surface area (Å²) in [6, 6.07) is 4.62. The van der Waals surface area contributed by atoms with Crippen molar-refractivity contribution in [3.63, 3.8) is 0 Å². The number of hydrogen-bond acceptors (Lipinski definition) is 1. The summed E-state index contributed by atoms with van der Waals surface area (Å²) in [7, 11) is 0. The third-order valence-corrected chi connectivity index (χ3v) is 3.96. The van der Waals surface area contributed by atoms with Crippen molar-refractivity contribution in [2.45, 2.75) is 11.6 Å². The Morgan fingerprint density at radius 1 is 1.37 bits per heavy atom. The number of hydrogen-bond donors (Lipinski definition) is 0. The fourth-order valence-corrected chi connectivity index (χ4v) is 2.63. The van der Waals surface area contributed by atoms with E-state index in [2.05, 4.69) is 0 Å². The maximum atomic E-state index is 12.6. The molecule has 0 spiro atoms. The third kappa shape index (κ3) is 2.82. The van der Waals surface area contributed by atoms with Gasteiger partial charge in [0.05, 0.1) is 5.56 Å². The Morgan fingerprint density at radius 3 is 2.58 bits per heavy atom. The summed E-state index contributed by atoms with van der Waals surface area (Å²) in [5.74, 6) is -0.480. The molecule has 2 atom stereocenters. The number of rotatable bonds is 2. The second kappa shape index (κ2) is 5.21. The highest BCUT2D eigenvalue weighted by atomic mass is 35.5. The summed E-state index contributed by atoms with van der Waals surface area (Å²) in [5.41, 5.74) is -0.601. The fraction of sp³-hybridized carbons (Fsp3) is 0.417. The zero-order chi connectivity index (χ0) is 14.2. The van der Waals surface area contributed by atoms with Crippen molar-refractivity contribution in [1.82, 2.24) is 0 Å². The first-order chi connectivity index (χ1) is 8.84. The Hall–Kier alpha value is -0.940. The molecule has 0 bridgehead atoms. The van der Waals surface area contributed by atoms with Gasteiger partial charge in [0.1, 0.15) is 5.38 Å². The minimum absolute atomic E-state index is 0.190. The number of carbonyl (C=O) groups excluding carboxylic acids is 1. The number of carbonyl (C=O) groups is 1. The van der Waals surface area contributed by atoms with Gasteiger partial charge >= 0.3 is 6.18 Å². The molecule has 19 heavy (non-hydrogen) atoms. The number of nitrogens with zero attached hydrogens (tertiary/aromatic N) is 1. The van der Waals surface area contributed by atoms with Crippen LogP contribution in [0.3, 0.4) is 0 Å². The van der Waals surface area contributed by atoms with Gasteiger partial charge in [0.2, 0.25) is 5.91 Å². The van der Waals surface area contributed by atoms with Crippen molar-refractivity contribution in [3.8, 4) is 0 Å². The Bertz CT molecular complexity index is 492. The highest BCUT2D eigenvalue weighted by Gasteiger charge is 2.40. The van der Waals surface area contributed by atoms with E-state index >= 15 is 0 Å². The molecule has 2 nitrogen and oxygen atoms in total. The van der Waals surface area contributed by atoms with E-state index in [1.165, 1.54) is 17.0 Å². The first-order valence-electron chi connectivity index (χ1n) is 5.53.